The molecule has 1 saturated heterocycles. The molecule has 0 radical (unpaired) electrons. The van der Waals surface area contributed by atoms with Crippen molar-refractivity contribution in [1.29, 1.82) is 0 Å². The third-order valence-corrected chi connectivity index (χ3v) is 5.26. The molecule has 2 rings (SSSR count). The number of nitrogens with one attached hydrogen (secondary N) is 1. The van der Waals surface area contributed by atoms with Crippen LogP contribution in [0.5, 0.6) is 0 Å². The summed E-state index contributed by atoms with van der Waals surface area (Å²) in [6.45, 7) is 4.84. The van der Waals surface area contributed by atoms with E-state index in [1.54, 1.807) is 12.1 Å². The molecule has 20 heavy (non-hydrogen) atoms. The topological polar surface area (TPSA) is 81.4 Å². The van der Waals surface area contributed by atoms with Crippen LogP contribution in [-0.4, -0.2) is 27.2 Å². The molecule has 2 atom stereocenters. The Kier molecular flexibility index (Phi) is 4.80. The van der Waals surface area contributed by atoms with Crippen molar-refractivity contribution in [3.8, 4) is 0 Å². The SMILES string of the molecule is CCc1ccc(S(=O)(=O)NC2CCOC2C)cc1CN. The minimum atomic E-state index is -3.52. The van der Waals surface area contributed by atoms with E-state index in [1.807, 2.05) is 19.9 Å². The van der Waals surface area contributed by atoms with E-state index < -0.39 is 10.0 Å². The van der Waals surface area contributed by atoms with E-state index in [4.69, 9.17) is 10.5 Å². The highest BCUT2D eigenvalue weighted by molar-refractivity contribution is 7.89. The largest absolute Gasteiger partial charge is 0.377 e. The van der Waals surface area contributed by atoms with Crippen molar-refractivity contribution in [2.75, 3.05) is 6.61 Å². The molecule has 1 aliphatic heterocycles. The van der Waals surface area contributed by atoms with E-state index in [1.165, 1.54) is 0 Å². The van der Waals surface area contributed by atoms with Crippen molar-refractivity contribution >= 4 is 10.0 Å². The van der Waals surface area contributed by atoms with E-state index in [9.17, 15) is 8.42 Å². The Morgan fingerprint density at radius 1 is 1.40 bits per heavy atom. The Hall–Kier alpha value is -0.950. The number of hydrogen-bond acceptors (Lipinski definition) is 4. The minimum absolute atomic E-state index is 0.0892. The summed E-state index contributed by atoms with van der Waals surface area (Å²) in [5, 5.41) is 0. The normalized spacial score (nSPS) is 23.1. The van der Waals surface area contributed by atoms with Crippen LogP contribution in [-0.2, 0) is 27.7 Å². The van der Waals surface area contributed by atoms with Gasteiger partial charge in [0.2, 0.25) is 10.0 Å². The molecule has 6 heteroatoms. The average Bonchev–Trinajstić information content (AvgIpc) is 2.82. The monoisotopic (exact) mass is 298 g/mol. The molecule has 0 spiro atoms. The quantitative estimate of drug-likeness (QED) is 0.855. The van der Waals surface area contributed by atoms with Gasteiger partial charge in [-0.3, -0.25) is 0 Å². The molecule has 2 unspecified atom stereocenters. The van der Waals surface area contributed by atoms with E-state index in [-0.39, 0.29) is 17.0 Å². The van der Waals surface area contributed by atoms with Gasteiger partial charge in [-0.05, 0) is 43.0 Å². The summed E-state index contributed by atoms with van der Waals surface area (Å²) >= 11 is 0. The van der Waals surface area contributed by atoms with Crippen LogP contribution in [0.1, 0.15) is 31.4 Å². The zero-order valence-electron chi connectivity index (χ0n) is 11.9. The van der Waals surface area contributed by atoms with E-state index in [0.29, 0.717) is 19.6 Å². The highest BCUT2D eigenvalue weighted by Crippen LogP contribution is 2.19. The third kappa shape index (κ3) is 3.20. The fourth-order valence-corrected chi connectivity index (χ4v) is 3.85. The van der Waals surface area contributed by atoms with Crippen molar-refractivity contribution in [2.45, 2.75) is 50.3 Å². The molecule has 0 bridgehead atoms. The number of nitrogens with two attached hydrogens (primary N) is 1. The average molecular weight is 298 g/mol. The third-order valence-electron chi connectivity index (χ3n) is 3.77. The summed E-state index contributed by atoms with van der Waals surface area (Å²) in [7, 11) is -3.52. The maximum atomic E-state index is 12.4. The lowest BCUT2D eigenvalue weighted by atomic mass is 10.1. The molecule has 3 N–H and O–H groups in total. The fraction of sp³-hybridized carbons (Fsp3) is 0.571. The van der Waals surface area contributed by atoms with Gasteiger partial charge >= 0.3 is 0 Å². The van der Waals surface area contributed by atoms with Crippen molar-refractivity contribution in [3.63, 3.8) is 0 Å². The second kappa shape index (κ2) is 6.22. The first kappa shape index (κ1) is 15.4. The van der Waals surface area contributed by atoms with Crippen LogP contribution in [0.15, 0.2) is 23.1 Å². The standard InChI is InChI=1S/C14H22N2O3S/c1-3-11-4-5-13(8-12(11)9-15)20(17,18)16-14-6-7-19-10(14)2/h4-5,8,10,14,16H,3,6-7,9,15H2,1-2H3. The van der Waals surface area contributed by atoms with Gasteiger partial charge in [0.15, 0.2) is 0 Å². The van der Waals surface area contributed by atoms with Gasteiger partial charge in [0, 0.05) is 13.2 Å². The van der Waals surface area contributed by atoms with E-state index in [2.05, 4.69) is 4.72 Å². The van der Waals surface area contributed by atoms with Crippen LogP contribution in [0.2, 0.25) is 0 Å². The second-order valence-electron chi connectivity index (χ2n) is 5.08. The van der Waals surface area contributed by atoms with Crippen LogP contribution in [0.3, 0.4) is 0 Å². The Morgan fingerprint density at radius 2 is 2.15 bits per heavy atom. The Bertz CT molecular complexity index is 572. The Morgan fingerprint density at radius 3 is 2.70 bits per heavy atom. The molecule has 112 valence electrons. The summed E-state index contributed by atoms with van der Waals surface area (Å²) in [5.74, 6) is 0. The van der Waals surface area contributed by atoms with E-state index >= 15 is 0 Å². The smallest absolute Gasteiger partial charge is 0.240 e. The molecule has 0 amide bonds. The lowest BCUT2D eigenvalue weighted by Crippen LogP contribution is -2.39. The molecule has 1 heterocycles. The highest BCUT2D eigenvalue weighted by Gasteiger charge is 2.29. The lowest BCUT2D eigenvalue weighted by Gasteiger charge is -2.17. The van der Waals surface area contributed by atoms with Crippen LogP contribution in [0.25, 0.3) is 0 Å². The summed E-state index contributed by atoms with van der Waals surface area (Å²) in [5.41, 5.74) is 7.66. The molecule has 0 aliphatic carbocycles. The first-order valence-electron chi connectivity index (χ1n) is 6.93. The molecule has 1 aromatic rings. The number of hydrogen-bond donors (Lipinski definition) is 2. The van der Waals surface area contributed by atoms with Crippen LogP contribution >= 0.6 is 0 Å². The van der Waals surface area contributed by atoms with Crippen LogP contribution in [0.4, 0.5) is 0 Å². The minimum Gasteiger partial charge on any atom is -0.377 e. The number of ether oxygens (including phenoxy) is 1. The molecule has 1 fully saturated rings. The van der Waals surface area contributed by atoms with Crippen molar-refractivity contribution in [1.82, 2.24) is 4.72 Å². The van der Waals surface area contributed by atoms with Crippen molar-refractivity contribution in [2.24, 2.45) is 5.73 Å². The number of sulfonamides is 1. The maximum Gasteiger partial charge on any atom is 0.240 e. The van der Waals surface area contributed by atoms with E-state index in [0.717, 1.165) is 17.5 Å². The highest BCUT2D eigenvalue weighted by atomic mass is 32.2. The predicted molar refractivity (Wildman–Crippen MR) is 77.9 cm³/mol. The zero-order valence-corrected chi connectivity index (χ0v) is 12.7. The molecule has 5 nitrogen and oxygen atoms in total. The summed E-state index contributed by atoms with van der Waals surface area (Å²) in [4.78, 5) is 0.272. The summed E-state index contributed by atoms with van der Waals surface area (Å²) in [6, 6.07) is 4.99. The molecule has 0 saturated carbocycles. The van der Waals surface area contributed by atoms with Gasteiger partial charge in [-0.1, -0.05) is 13.0 Å². The van der Waals surface area contributed by atoms with Crippen LogP contribution in [0, 0.1) is 0 Å². The summed E-state index contributed by atoms with van der Waals surface area (Å²) < 4.78 is 32.9. The first-order chi connectivity index (χ1) is 9.47. The van der Waals surface area contributed by atoms with Gasteiger partial charge in [-0.15, -0.1) is 0 Å². The van der Waals surface area contributed by atoms with Crippen molar-refractivity contribution in [3.05, 3.63) is 29.3 Å². The molecule has 1 aromatic carbocycles. The van der Waals surface area contributed by atoms with Gasteiger partial charge in [0.1, 0.15) is 0 Å². The predicted octanol–water partition coefficient (Wildman–Crippen LogP) is 1.16. The Balaban J connectivity index is 2.25. The number of rotatable bonds is 5. The van der Waals surface area contributed by atoms with Gasteiger partial charge in [-0.2, -0.15) is 0 Å². The second-order valence-corrected chi connectivity index (χ2v) is 6.79. The van der Waals surface area contributed by atoms with Crippen LogP contribution < -0.4 is 10.5 Å². The van der Waals surface area contributed by atoms with Gasteiger partial charge in [0.25, 0.3) is 0 Å². The van der Waals surface area contributed by atoms with Gasteiger partial charge in [-0.25, -0.2) is 13.1 Å². The van der Waals surface area contributed by atoms with Gasteiger partial charge in [0.05, 0.1) is 17.0 Å². The summed E-state index contributed by atoms with van der Waals surface area (Å²) in [6.07, 6.45) is 1.46. The fourth-order valence-electron chi connectivity index (χ4n) is 2.46. The molecule has 0 aromatic heterocycles. The number of benzene rings is 1. The lowest BCUT2D eigenvalue weighted by molar-refractivity contribution is 0.117. The maximum absolute atomic E-state index is 12.4. The first-order valence-corrected chi connectivity index (χ1v) is 8.42. The Labute approximate surface area is 120 Å². The zero-order chi connectivity index (χ0) is 14.8. The van der Waals surface area contributed by atoms with Crippen molar-refractivity contribution < 1.29 is 13.2 Å². The van der Waals surface area contributed by atoms with Gasteiger partial charge < -0.3 is 10.5 Å². The number of aryl methyl sites for hydroxylation is 1. The molecular weight excluding hydrogens is 276 g/mol. The molecular formula is C14H22N2O3S. The molecule has 1 aliphatic rings.